The fraction of sp³-hybridized carbons (Fsp3) is 1.00. The van der Waals surface area contributed by atoms with Crippen LogP contribution in [0.1, 0.15) is 66.7 Å². The standard InChI is InChI=1S/C8H16O.C7H14O.C2H6/c1-7(2)8-3-5-9-6-4-8;1-2-7-3-5-8-6-4-7;1-2/h7-8H,3-6H2,1-2H3;7H,2-6H2,1H3;1-2H3. The Balaban J connectivity index is 0.000000303. The average molecular weight is 272 g/mol. The highest BCUT2D eigenvalue weighted by Gasteiger charge is 2.16. The summed E-state index contributed by atoms with van der Waals surface area (Å²) in [5.74, 6) is 2.75. The summed E-state index contributed by atoms with van der Waals surface area (Å²) in [4.78, 5) is 0. The molecule has 0 aromatic rings. The van der Waals surface area contributed by atoms with Crippen molar-refractivity contribution in [3.63, 3.8) is 0 Å². The molecule has 2 aliphatic heterocycles. The zero-order valence-electron chi connectivity index (χ0n) is 13.9. The van der Waals surface area contributed by atoms with Crippen LogP contribution in [-0.4, -0.2) is 26.4 Å². The molecule has 0 amide bonds. The Hall–Kier alpha value is -0.0800. The van der Waals surface area contributed by atoms with Crippen LogP contribution in [0.3, 0.4) is 0 Å². The van der Waals surface area contributed by atoms with Crippen molar-refractivity contribution in [2.24, 2.45) is 17.8 Å². The summed E-state index contributed by atoms with van der Waals surface area (Å²) in [6.07, 6.45) is 6.46. The first-order chi connectivity index (χ1) is 9.24. The second-order valence-corrected chi connectivity index (χ2v) is 5.66. The van der Waals surface area contributed by atoms with E-state index in [4.69, 9.17) is 9.47 Å². The Bertz CT molecular complexity index is 168. The Morgan fingerprint density at radius 2 is 1.26 bits per heavy atom. The van der Waals surface area contributed by atoms with Crippen LogP contribution >= 0.6 is 0 Å². The molecule has 116 valence electrons. The quantitative estimate of drug-likeness (QED) is 0.710. The van der Waals surface area contributed by atoms with E-state index in [1.54, 1.807) is 0 Å². The highest BCUT2D eigenvalue weighted by Crippen LogP contribution is 2.22. The number of hydrogen-bond acceptors (Lipinski definition) is 2. The molecule has 2 nitrogen and oxygen atoms in total. The smallest absolute Gasteiger partial charge is 0.0468 e. The maximum atomic E-state index is 5.25. The lowest BCUT2D eigenvalue weighted by Gasteiger charge is -2.24. The van der Waals surface area contributed by atoms with Gasteiger partial charge in [0.1, 0.15) is 0 Å². The second kappa shape index (κ2) is 12.9. The first kappa shape index (κ1) is 18.9. The largest absolute Gasteiger partial charge is 0.381 e. The van der Waals surface area contributed by atoms with E-state index in [1.807, 2.05) is 13.8 Å². The van der Waals surface area contributed by atoms with Gasteiger partial charge in [-0.15, -0.1) is 0 Å². The number of ether oxygens (including phenoxy) is 2. The fourth-order valence-corrected chi connectivity index (χ4v) is 2.54. The van der Waals surface area contributed by atoms with Crippen molar-refractivity contribution in [1.29, 1.82) is 0 Å². The van der Waals surface area contributed by atoms with Crippen molar-refractivity contribution >= 4 is 0 Å². The molecule has 2 fully saturated rings. The predicted octanol–water partition coefficient (Wildman–Crippen LogP) is 4.92. The zero-order chi connectivity index (χ0) is 14.5. The highest BCUT2D eigenvalue weighted by atomic mass is 16.5. The summed E-state index contributed by atoms with van der Waals surface area (Å²) in [6, 6.07) is 0. The predicted molar refractivity (Wildman–Crippen MR) is 83.6 cm³/mol. The summed E-state index contributed by atoms with van der Waals surface area (Å²) < 4.78 is 10.5. The van der Waals surface area contributed by atoms with Crippen LogP contribution in [0.2, 0.25) is 0 Å². The van der Waals surface area contributed by atoms with Crippen LogP contribution in [0, 0.1) is 17.8 Å². The highest BCUT2D eigenvalue weighted by molar-refractivity contribution is 4.65. The monoisotopic (exact) mass is 272 g/mol. The minimum atomic E-state index is 0.855. The zero-order valence-corrected chi connectivity index (χ0v) is 13.9. The van der Waals surface area contributed by atoms with E-state index in [2.05, 4.69) is 20.8 Å². The molecule has 19 heavy (non-hydrogen) atoms. The molecule has 0 aromatic carbocycles. The van der Waals surface area contributed by atoms with Gasteiger partial charge in [0.15, 0.2) is 0 Å². The summed E-state index contributed by atoms with van der Waals surface area (Å²) >= 11 is 0. The lowest BCUT2D eigenvalue weighted by atomic mass is 9.89. The Morgan fingerprint density at radius 1 is 0.842 bits per heavy atom. The second-order valence-electron chi connectivity index (χ2n) is 5.66. The topological polar surface area (TPSA) is 18.5 Å². The molecule has 2 heterocycles. The minimum Gasteiger partial charge on any atom is -0.381 e. The Labute approximate surface area is 121 Å². The van der Waals surface area contributed by atoms with Crippen molar-refractivity contribution < 1.29 is 9.47 Å². The first-order valence-electron chi connectivity index (χ1n) is 8.39. The molecule has 0 bridgehead atoms. The molecule has 0 N–H and O–H groups in total. The van der Waals surface area contributed by atoms with Crippen LogP contribution in [0.15, 0.2) is 0 Å². The van der Waals surface area contributed by atoms with Crippen LogP contribution in [0.25, 0.3) is 0 Å². The van der Waals surface area contributed by atoms with Gasteiger partial charge in [-0.25, -0.2) is 0 Å². The molecule has 0 spiro atoms. The van der Waals surface area contributed by atoms with Crippen molar-refractivity contribution in [3.8, 4) is 0 Å². The van der Waals surface area contributed by atoms with E-state index < -0.39 is 0 Å². The van der Waals surface area contributed by atoms with Crippen molar-refractivity contribution in [2.75, 3.05) is 26.4 Å². The van der Waals surface area contributed by atoms with Gasteiger partial charge in [0.25, 0.3) is 0 Å². The first-order valence-corrected chi connectivity index (χ1v) is 8.39. The fourth-order valence-electron chi connectivity index (χ4n) is 2.54. The van der Waals surface area contributed by atoms with Crippen molar-refractivity contribution in [3.05, 3.63) is 0 Å². The molecule has 0 radical (unpaired) electrons. The van der Waals surface area contributed by atoms with E-state index in [0.717, 1.165) is 44.2 Å². The van der Waals surface area contributed by atoms with Gasteiger partial charge in [-0.2, -0.15) is 0 Å². The molecular formula is C17H36O2. The number of hydrogen-bond donors (Lipinski definition) is 0. The molecule has 0 saturated carbocycles. The lowest BCUT2D eigenvalue weighted by Crippen LogP contribution is -2.19. The van der Waals surface area contributed by atoms with Crippen molar-refractivity contribution in [1.82, 2.24) is 0 Å². The molecule has 0 unspecified atom stereocenters. The third-order valence-electron chi connectivity index (χ3n) is 4.13. The molecule has 0 atom stereocenters. The van der Waals surface area contributed by atoms with E-state index in [1.165, 1.54) is 32.1 Å². The maximum Gasteiger partial charge on any atom is 0.0468 e. The SMILES string of the molecule is CC.CC(C)C1CCOCC1.CCC1CCOCC1. The molecule has 2 rings (SSSR count). The molecule has 0 aromatic heterocycles. The Morgan fingerprint density at radius 3 is 1.53 bits per heavy atom. The van der Waals surface area contributed by atoms with Gasteiger partial charge < -0.3 is 9.47 Å². The van der Waals surface area contributed by atoms with E-state index in [9.17, 15) is 0 Å². The normalized spacial score (nSPS) is 21.2. The van der Waals surface area contributed by atoms with Crippen LogP contribution < -0.4 is 0 Å². The van der Waals surface area contributed by atoms with Crippen LogP contribution in [-0.2, 0) is 9.47 Å². The van der Waals surface area contributed by atoms with Gasteiger partial charge in [-0.1, -0.05) is 41.0 Å². The molecule has 2 saturated heterocycles. The van der Waals surface area contributed by atoms with Crippen LogP contribution in [0.4, 0.5) is 0 Å². The third kappa shape index (κ3) is 9.45. The summed E-state index contributed by atoms with van der Waals surface area (Å²) in [7, 11) is 0. The van der Waals surface area contributed by atoms with Gasteiger partial charge in [-0.3, -0.25) is 0 Å². The van der Waals surface area contributed by atoms with E-state index in [-0.39, 0.29) is 0 Å². The van der Waals surface area contributed by atoms with Gasteiger partial charge in [0.05, 0.1) is 0 Å². The number of rotatable bonds is 2. The minimum absolute atomic E-state index is 0.855. The van der Waals surface area contributed by atoms with E-state index >= 15 is 0 Å². The summed E-state index contributed by atoms with van der Waals surface area (Å²) in [6.45, 7) is 14.8. The molecule has 2 heteroatoms. The Kier molecular flexibility index (Phi) is 12.9. The van der Waals surface area contributed by atoms with Crippen molar-refractivity contribution in [2.45, 2.75) is 66.7 Å². The molecular weight excluding hydrogens is 236 g/mol. The summed E-state index contributed by atoms with van der Waals surface area (Å²) in [5, 5.41) is 0. The maximum absolute atomic E-state index is 5.25. The molecule has 0 aliphatic carbocycles. The molecule has 2 aliphatic rings. The van der Waals surface area contributed by atoms with Crippen LogP contribution in [0.5, 0.6) is 0 Å². The third-order valence-corrected chi connectivity index (χ3v) is 4.13. The van der Waals surface area contributed by atoms with Gasteiger partial charge in [0.2, 0.25) is 0 Å². The lowest BCUT2D eigenvalue weighted by molar-refractivity contribution is 0.0523. The van der Waals surface area contributed by atoms with Gasteiger partial charge >= 0.3 is 0 Å². The van der Waals surface area contributed by atoms with Gasteiger partial charge in [-0.05, 0) is 43.4 Å². The average Bonchev–Trinajstić information content (AvgIpc) is 2.51. The summed E-state index contributed by atoms with van der Waals surface area (Å²) in [5.41, 5.74) is 0. The van der Waals surface area contributed by atoms with Gasteiger partial charge in [0, 0.05) is 26.4 Å². The van der Waals surface area contributed by atoms with E-state index in [0.29, 0.717) is 0 Å².